The van der Waals surface area contributed by atoms with Gasteiger partial charge in [-0.1, -0.05) is 0 Å². The molecule has 1 saturated heterocycles. The molecule has 8 aromatic rings. The van der Waals surface area contributed by atoms with E-state index in [4.69, 9.17) is 37.3 Å². The van der Waals surface area contributed by atoms with Crippen LogP contribution in [0.3, 0.4) is 0 Å². The third-order valence-corrected chi connectivity index (χ3v) is 12.4. The monoisotopic (exact) mass is 1090 g/mol. The smallest absolute Gasteiger partial charge is 0.342 e. The third kappa shape index (κ3) is 7.66. The molecule has 0 saturated carbocycles. The van der Waals surface area contributed by atoms with Crippen LogP contribution in [0.2, 0.25) is 0 Å². The van der Waals surface area contributed by atoms with Crippen LogP contribution >= 0.6 is 0 Å². The average Bonchev–Trinajstić information content (AvgIpc) is 3.45. The summed E-state index contributed by atoms with van der Waals surface area (Å²) >= 11 is 0. The van der Waals surface area contributed by atoms with Crippen molar-refractivity contribution in [2.75, 3.05) is 6.61 Å². The molecule has 402 valence electrons. The summed E-state index contributed by atoms with van der Waals surface area (Å²) in [6, 6.07) is 3.61. The Balaban J connectivity index is 1.10. The van der Waals surface area contributed by atoms with E-state index < -0.39 is 231 Å². The Morgan fingerprint density at radius 1 is 0.538 bits per heavy atom. The minimum atomic E-state index is -2.70. The number of fused-ring (bicyclic) bond motifs is 4. The molecule has 0 aliphatic carbocycles. The summed E-state index contributed by atoms with van der Waals surface area (Å²) in [4.78, 5) is 83.2. The predicted octanol–water partition coefficient (Wildman–Crippen LogP) is 2.40. The second kappa shape index (κ2) is 17.8. The van der Waals surface area contributed by atoms with Crippen molar-refractivity contribution in [2.24, 2.45) is 0 Å². The van der Waals surface area contributed by atoms with Gasteiger partial charge in [-0.05, 0) is 30.3 Å². The molecular weight excluding hydrogens is 1060 g/mol. The van der Waals surface area contributed by atoms with Gasteiger partial charge >= 0.3 is 23.9 Å². The standard InChI is InChI=1S/C48H30O30/c49-14-1-9(2-15(50)28(14)55)42(64)77-40-38-22(8-71-43(65)10-3-16(51)29(56)34(61)24(10)25-11(44(66)75-38)4-17(52)30(57)35(25)62)74-48(70)41(40)78-46(68)13-5-18(53)31(58)36(63)37(13)72-21-6-12-23-26-20(73-47(69)27(23)33(21)60)7-19(54)32(59)39(26)76-45(12)67/h1-7,22,38,40-41,48-53,55-59,61-63,67,69-70H,8H2/t22-,38-,40+,41-,48?/m1/s1. The molecule has 0 radical (unpaired) electrons. The maximum absolute atomic E-state index is 14.5. The van der Waals surface area contributed by atoms with Crippen LogP contribution in [0.1, 0.15) is 41.4 Å². The number of carbonyl (C=O) groups excluding carboxylic acids is 4. The number of aromatic hydroxyl groups is 15. The molecular formula is C48H30O30. The van der Waals surface area contributed by atoms with Gasteiger partial charge in [0.25, 0.3) is 11.9 Å². The molecule has 10 rings (SSSR count). The van der Waals surface area contributed by atoms with Crippen molar-refractivity contribution in [1.82, 2.24) is 0 Å². The number of ether oxygens (including phenoxy) is 6. The Morgan fingerprint density at radius 3 is 1.73 bits per heavy atom. The first kappa shape index (κ1) is 50.4. The number of carbonyl (C=O) groups is 4. The Kier molecular flexibility index (Phi) is 11.5. The Morgan fingerprint density at radius 2 is 1.10 bits per heavy atom. The van der Waals surface area contributed by atoms with Gasteiger partial charge in [-0.25, -0.2) is 19.2 Å². The molecule has 4 heterocycles. The van der Waals surface area contributed by atoms with Crippen LogP contribution in [0.5, 0.6) is 98.1 Å². The quantitative estimate of drug-likeness (QED) is 0.0492. The van der Waals surface area contributed by atoms with Crippen LogP contribution in [-0.2, 0) is 23.7 Å². The van der Waals surface area contributed by atoms with Crippen LogP contribution < -0.4 is 15.6 Å². The molecule has 0 bridgehead atoms. The first-order chi connectivity index (χ1) is 36.8. The zero-order valence-electron chi connectivity index (χ0n) is 38.0. The Bertz CT molecular complexity index is 4070. The summed E-state index contributed by atoms with van der Waals surface area (Å²) in [6.07, 6.45) is -12.5. The van der Waals surface area contributed by atoms with E-state index in [1.54, 1.807) is 0 Å². The van der Waals surface area contributed by atoms with Crippen molar-refractivity contribution in [2.45, 2.75) is 30.7 Å². The third-order valence-electron chi connectivity index (χ3n) is 12.4. The maximum Gasteiger partial charge on any atom is 0.342 e. The summed E-state index contributed by atoms with van der Waals surface area (Å²) in [7, 11) is 0. The van der Waals surface area contributed by atoms with Gasteiger partial charge in [-0.2, -0.15) is 0 Å². The lowest BCUT2D eigenvalue weighted by Gasteiger charge is -2.42. The second-order valence-electron chi connectivity index (χ2n) is 17.0. The largest absolute Gasteiger partial charge is 0.504 e. The van der Waals surface area contributed by atoms with Crippen molar-refractivity contribution in [3.8, 4) is 109 Å². The highest BCUT2D eigenvalue weighted by molar-refractivity contribution is 6.23. The molecule has 1 unspecified atom stereocenters. The molecule has 2 aromatic heterocycles. The van der Waals surface area contributed by atoms with Crippen molar-refractivity contribution in [3.63, 3.8) is 0 Å². The van der Waals surface area contributed by atoms with Gasteiger partial charge in [0, 0.05) is 28.6 Å². The number of phenols is 13. The summed E-state index contributed by atoms with van der Waals surface area (Å²) < 4.78 is 43.7. The van der Waals surface area contributed by atoms with E-state index >= 15 is 0 Å². The highest BCUT2D eigenvalue weighted by Crippen LogP contribution is 2.54. The minimum Gasteiger partial charge on any atom is -0.504 e. The predicted molar refractivity (Wildman–Crippen MR) is 246 cm³/mol. The first-order valence-electron chi connectivity index (χ1n) is 21.6. The van der Waals surface area contributed by atoms with E-state index in [9.17, 15) is 110 Å². The fourth-order valence-corrected chi connectivity index (χ4v) is 8.74. The van der Waals surface area contributed by atoms with Gasteiger partial charge < -0.3 is 119 Å². The number of aliphatic hydroxyl groups is 1. The van der Waals surface area contributed by atoms with E-state index in [2.05, 4.69) is 0 Å². The number of cyclic esters (lactones) is 1. The number of phenolic OH excluding ortho intramolecular Hbond substituents is 13. The fraction of sp³-hybridized carbons (Fsp3) is 0.125. The van der Waals surface area contributed by atoms with E-state index in [-0.39, 0.29) is 5.39 Å². The molecule has 5 atom stereocenters. The maximum atomic E-state index is 14.5. The Labute approximate surface area is 425 Å². The average molecular weight is 1090 g/mol. The van der Waals surface area contributed by atoms with Gasteiger partial charge in [-0.15, -0.1) is 0 Å². The number of hydrogen-bond donors (Lipinski definition) is 16. The van der Waals surface area contributed by atoms with Crippen LogP contribution in [0.4, 0.5) is 0 Å². The van der Waals surface area contributed by atoms with Crippen LogP contribution in [-0.4, -0.2) is 143 Å². The van der Waals surface area contributed by atoms with Gasteiger partial charge in [0.15, 0.2) is 87.7 Å². The molecule has 1 fully saturated rings. The van der Waals surface area contributed by atoms with Crippen molar-refractivity contribution >= 4 is 56.6 Å². The molecule has 2 aliphatic heterocycles. The van der Waals surface area contributed by atoms with Gasteiger partial charge in [0.1, 0.15) is 29.2 Å². The highest BCUT2D eigenvalue weighted by Gasteiger charge is 2.54. The van der Waals surface area contributed by atoms with Gasteiger partial charge in [0.2, 0.25) is 39.6 Å². The molecule has 0 amide bonds. The zero-order valence-corrected chi connectivity index (χ0v) is 38.0. The lowest BCUT2D eigenvalue weighted by atomic mass is 9.92. The first-order valence-corrected chi connectivity index (χ1v) is 21.6. The molecule has 30 heteroatoms. The van der Waals surface area contributed by atoms with E-state index in [0.717, 1.165) is 0 Å². The molecule has 78 heavy (non-hydrogen) atoms. The van der Waals surface area contributed by atoms with E-state index in [1.165, 1.54) is 0 Å². The summed E-state index contributed by atoms with van der Waals surface area (Å²) in [5, 5.41) is 169. The molecule has 6 aromatic carbocycles. The van der Waals surface area contributed by atoms with Gasteiger partial charge in [0.05, 0.1) is 27.5 Å². The fourth-order valence-electron chi connectivity index (χ4n) is 8.74. The summed E-state index contributed by atoms with van der Waals surface area (Å²) in [6.45, 7) is -1.24. The number of benzene rings is 6. The lowest BCUT2D eigenvalue weighted by molar-refractivity contribution is -0.284. The Hall–Kier alpha value is -11.1. The second-order valence-corrected chi connectivity index (χ2v) is 17.0. The minimum absolute atomic E-state index is 0.324. The van der Waals surface area contributed by atoms with Crippen LogP contribution in [0, 0.1) is 0 Å². The molecule has 2 aliphatic rings. The van der Waals surface area contributed by atoms with E-state index in [0.29, 0.717) is 42.5 Å². The molecule has 0 spiro atoms. The van der Waals surface area contributed by atoms with Crippen molar-refractivity contribution in [1.29, 1.82) is 0 Å². The number of rotatable bonds is 6. The number of esters is 4. The summed E-state index contributed by atoms with van der Waals surface area (Å²) in [5.41, 5.74) is -10.0. The van der Waals surface area contributed by atoms with Crippen molar-refractivity contribution < 1.29 is 138 Å². The number of hydrogen-bond acceptors (Lipinski definition) is 30. The number of aliphatic hydroxyl groups excluding tert-OH is 1. The zero-order chi connectivity index (χ0) is 56.4. The van der Waals surface area contributed by atoms with E-state index in [1.807, 2.05) is 0 Å². The molecule has 30 nitrogen and oxygen atoms in total. The lowest BCUT2D eigenvalue weighted by Crippen LogP contribution is -2.62. The van der Waals surface area contributed by atoms with Crippen molar-refractivity contribution in [3.05, 3.63) is 85.2 Å². The SMILES string of the molecule is O=C(O[C@H]1[C@@H]2OC(=O)c3cc(O)c(O)c(O)c3-c3c(cc(O)c(O)c3O)C(=O)OC[C@H]2OC(O)[C@@H]1OC(=O)c1cc(O)c(O)c(O)c1Oc1cc2c(O)oc3c(O)c(=O)cc4oc(O)c(c1=O)c2c43)c1cc(O)c(O)c(O)c1. The normalized spacial score (nSPS) is 18.3. The van der Waals surface area contributed by atoms with Crippen LogP contribution in [0.25, 0.3) is 43.8 Å². The summed E-state index contributed by atoms with van der Waals surface area (Å²) in [5.74, 6) is -28.9. The highest BCUT2D eigenvalue weighted by atomic mass is 16.7. The topological polar surface area (TPSA) is 508 Å². The van der Waals surface area contributed by atoms with Crippen LogP contribution in [0.15, 0.2) is 60.9 Å². The van der Waals surface area contributed by atoms with Gasteiger partial charge in [-0.3, -0.25) is 9.59 Å². The molecule has 16 N–H and O–H groups in total.